The van der Waals surface area contributed by atoms with Crippen LogP contribution in [0.4, 0.5) is 27.5 Å². The minimum Gasteiger partial charge on any atom is -0.351 e. The van der Waals surface area contributed by atoms with Gasteiger partial charge in [-0.25, -0.2) is 4.79 Å². The number of azo groups is 1. The van der Waals surface area contributed by atoms with E-state index in [0.717, 1.165) is 5.69 Å². The van der Waals surface area contributed by atoms with Crippen LogP contribution < -0.4 is 10.6 Å². The smallest absolute Gasteiger partial charge is 0.323 e. The lowest BCUT2D eigenvalue weighted by molar-refractivity contribution is 0.256. The lowest BCUT2D eigenvalue weighted by Gasteiger charge is -2.20. The zero-order valence-corrected chi connectivity index (χ0v) is 12.9. The molecular formula is C19H16N4O. The summed E-state index contributed by atoms with van der Waals surface area (Å²) in [5.74, 6) is 0. The van der Waals surface area contributed by atoms with Crippen molar-refractivity contribution in [1.29, 1.82) is 0 Å². The lowest BCUT2D eigenvalue weighted by atomic mass is 10.2. The van der Waals surface area contributed by atoms with Gasteiger partial charge in [0.05, 0.1) is 22.7 Å². The van der Waals surface area contributed by atoms with E-state index >= 15 is 0 Å². The molecule has 0 atom stereocenters. The number of hydrogen-bond donors (Lipinski definition) is 1. The number of amides is 2. The van der Waals surface area contributed by atoms with Gasteiger partial charge in [-0.3, -0.25) is 4.90 Å². The van der Waals surface area contributed by atoms with Crippen molar-refractivity contribution in [1.82, 2.24) is 0 Å². The van der Waals surface area contributed by atoms with Gasteiger partial charge in [-0.15, -0.1) is 0 Å². The molecule has 0 spiro atoms. The van der Waals surface area contributed by atoms with Crippen LogP contribution in [0, 0.1) is 0 Å². The number of hydrogen-bond acceptors (Lipinski definition) is 3. The second kappa shape index (κ2) is 7.19. The number of para-hydroxylation sites is 1. The Morgan fingerprint density at radius 3 is 1.67 bits per heavy atom. The van der Waals surface area contributed by atoms with Crippen LogP contribution in [-0.2, 0) is 0 Å². The SMILES string of the molecule is NC(=O)N(c1ccccc1)c1ccc(N=Nc2ccccc2)cc1. The Bertz CT molecular complexity index is 830. The average Bonchev–Trinajstić information content (AvgIpc) is 2.63. The lowest BCUT2D eigenvalue weighted by Crippen LogP contribution is -2.31. The fourth-order valence-electron chi connectivity index (χ4n) is 2.26. The Labute approximate surface area is 140 Å². The molecule has 0 aliphatic rings. The number of benzene rings is 3. The molecule has 0 radical (unpaired) electrons. The summed E-state index contributed by atoms with van der Waals surface area (Å²) in [7, 11) is 0. The Morgan fingerprint density at radius 1 is 0.667 bits per heavy atom. The van der Waals surface area contributed by atoms with Crippen molar-refractivity contribution in [2.45, 2.75) is 0 Å². The van der Waals surface area contributed by atoms with Crippen LogP contribution in [0.25, 0.3) is 0 Å². The largest absolute Gasteiger partial charge is 0.351 e. The molecular weight excluding hydrogens is 300 g/mol. The third kappa shape index (κ3) is 3.64. The zero-order valence-electron chi connectivity index (χ0n) is 12.9. The maximum atomic E-state index is 11.8. The van der Waals surface area contributed by atoms with Gasteiger partial charge < -0.3 is 5.73 Å². The van der Waals surface area contributed by atoms with Crippen LogP contribution >= 0.6 is 0 Å². The molecule has 0 unspecified atom stereocenters. The van der Waals surface area contributed by atoms with Crippen molar-refractivity contribution in [2.24, 2.45) is 16.0 Å². The summed E-state index contributed by atoms with van der Waals surface area (Å²) in [6.45, 7) is 0. The van der Waals surface area contributed by atoms with Gasteiger partial charge in [0, 0.05) is 0 Å². The highest BCUT2D eigenvalue weighted by Crippen LogP contribution is 2.27. The number of nitrogens with two attached hydrogens (primary N) is 1. The molecule has 0 heterocycles. The quantitative estimate of drug-likeness (QED) is 0.650. The van der Waals surface area contributed by atoms with Crippen molar-refractivity contribution in [3.8, 4) is 0 Å². The molecule has 5 nitrogen and oxygen atoms in total. The topological polar surface area (TPSA) is 71.1 Å². The van der Waals surface area contributed by atoms with Crippen molar-refractivity contribution in [3.63, 3.8) is 0 Å². The first kappa shape index (κ1) is 15.4. The Hall–Kier alpha value is -3.47. The van der Waals surface area contributed by atoms with Gasteiger partial charge in [-0.2, -0.15) is 10.2 Å². The number of nitrogens with zero attached hydrogens (tertiary/aromatic N) is 3. The summed E-state index contributed by atoms with van der Waals surface area (Å²) in [4.78, 5) is 13.2. The predicted molar refractivity (Wildman–Crippen MR) is 95.2 cm³/mol. The first-order chi connectivity index (χ1) is 11.7. The second-order valence-corrected chi connectivity index (χ2v) is 5.06. The van der Waals surface area contributed by atoms with Gasteiger partial charge in [0.15, 0.2) is 0 Å². The molecule has 0 fully saturated rings. The van der Waals surface area contributed by atoms with E-state index in [9.17, 15) is 4.79 Å². The highest BCUT2D eigenvalue weighted by Gasteiger charge is 2.14. The molecule has 2 N–H and O–H groups in total. The van der Waals surface area contributed by atoms with E-state index in [0.29, 0.717) is 17.1 Å². The summed E-state index contributed by atoms with van der Waals surface area (Å²) in [6, 6.07) is 25.4. The molecule has 3 rings (SSSR count). The van der Waals surface area contributed by atoms with Crippen LogP contribution in [0.1, 0.15) is 0 Å². The average molecular weight is 316 g/mol. The van der Waals surface area contributed by atoms with Gasteiger partial charge in [0.25, 0.3) is 0 Å². The standard InChI is InChI=1S/C19H16N4O/c20-19(24)23(17-9-5-2-6-10-17)18-13-11-16(12-14-18)22-21-15-7-3-1-4-8-15/h1-14H,(H2,20,24). The predicted octanol–water partition coefficient (Wildman–Crippen LogP) is 5.32. The highest BCUT2D eigenvalue weighted by molar-refractivity contribution is 5.98. The minimum atomic E-state index is -0.542. The normalized spacial score (nSPS) is 10.7. The molecule has 0 saturated carbocycles. The molecule has 3 aromatic carbocycles. The van der Waals surface area contributed by atoms with Gasteiger partial charge in [-0.05, 0) is 48.5 Å². The van der Waals surface area contributed by atoms with Crippen molar-refractivity contribution in [3.05, 3.63) is 84.9 Å². The van der Waals surface area contributed by atoms with E-state index < -0.39 is 6.03 Å². The van der Waals surface area contributed by atoms with Gasteiger partial charge in [-0.1, -0.05) is 36.4 Å². The van der Waals surface area contributed by atoms with Gasteiger partial charge >= 0.3 is 6.03 Å². The van der Waals surface area contributed by atoms with Gasteiger partial charge in [0.1, 0.15) is 0 Å². The summed E-state index contributed by atoms with van der Waals surface area (Å²) in [5.41, 5.74) is 8.38. The molecule has 2 amide bonds. The molecule has 0 bridgehead atoms. The Kier molecular flexibility index (Phi) is 4.62. The Morgan fingerprint density at radius 2 is 1.12 bits per heavy atom. The zero-order chi connectivity index (χ0) is 16.8. The van der Waals surface area contributed by atoms with E-state index in [1.165, 1.54) is 4.90 Å². The molecule has 118 valence electrons. The van der Waals surface area contributed by atoms with E-state index in [4.69, 9.17) is 5.73 Å². The molecule has 3 aromatic rings. The fourth-order valence-corrected chi connectivity index (χ4v) is 2.26. The van der Waals surface area contributed by atoms with Crippen LogP contribution in [-0.4, -0.2) is 6.03 Å². The Balaban J connectivity index is 1.83. The third-order valence-electron chi connectivity index (χ3n) is 3.38. The third-order valence-corrected chi connectivity index (χ3v) is 3.38. The minimum absolute atomic E-state index is 0.542. The summed E-state index contributed by atoms with van der Waals surface area (Å²) < 4.78 is 0. The maximum Gasteiger partial charge on any atom is 0.323 e. The second-order valence-electron chi connectivity index (χ2n) is 5.06. The number of carbonyl (C=O) groups is 1. The summed E-state index contributed by atoms with van der Waals surface area (Å²) in [5, 5.41) is 8.35. The van der Waals surface area contributed by atoms with Crippen LogP contribution in [0.15, 0.2) is 95.2 Å². The highest BCUT2D eigenvalue weighted by atomic mass is 16.2. The van der Waals surface area contributed by atoms with Crippen molar-refractivity contribution < 1.29 is 4.79 Å². The first-order valence-corrected chi connectivity index (χ1v) is 7.45. The monoisotopic (exact) mass is 316 g/mol. The van der Waals surface area contributed by atoms with E-state index in [1.54, 1.807) is 24.3 Å². The van der Waals surface area contributed by atoms with E-state index in [2.05, 4.69) is 10.2 Å². The number of primary amides is 1. The van der Waals surface area contributed by atoms with Crippen LogP contribution in [0.3, 0.4) is 0 Å². The molecule has 0 saturated heterocycles. The first-order valence-electron chi connectivity index (χ1n) is 7.45. The number of urea groups is 1. The van der Waals surface area contributed by atoms with Crippen LogP contribution in [0.2, 0.25) is 0 Å². The molecule has 0 aliphatic carbocycles. The molecule has 24 heavy (non-hydrogen) atoms. The number of carbonyl (C=O) groups excluding carboxylic acids is 1. The summed E-state index contributed by atoms with van der Waals surface area (Å²) >= 11 is 0. The van der Waals surface area contributed by atoms with E-state index in [-0.39, 0.29) is 0 Å². The van der Waals surface area contributed by atoms with E-state index in [1.807, 2.05) is 60.7 Å². The van der Waals surface area contributed by atoms with Crippen molar-refractivity contribution in [2.75, 3.05) is 4.90 Å². The molecule has 5 heteroatoms. The molecule has 0 aliphatic heterocycles. The number of anilines is 2. The number of rotatable bonds is 4. The fraction of sp³-hybridized carbons (Fsp3) is 0. The molecule has 0 aromatic heterocycles. The van der Waals surface area contributed by atoms with Crippen LogP contribution in [0.5, 0.6) is 0 Å². The summed E-state index contributed by atoms with van der Waals surface area (Å²) in [6.07, 6.45) is 0. The van der Waals surface area contributed by atoms with Crippen molar-refractivity contribution >= 4 is 28.8 Å². The van der Waals surface area contributed by atoms with Gasteiger partial charge in [0.2, 0.25) is 0 Å². The maximum absolute atomic E-state index is 11.8.